The molecule has 28 heavy (non-hydrogen) atoms. The van der Waals surface area contributed by atoms with Gasteiger partial charge < -0.3 is 15.7 Å². The molecule has 1 unspecified atom stereocenters. The summed E-state index contributed by atoms with van der Waals surface area (Å²) in [7, 11) is 0. The van der Waals surface area contributed by atoms with Crippen molar-refractivity contribution >= 4 is 17.8 Å². The topological polar surface area (TPSA) is 131 Å². The minimum absolute atomic E-state index is 0.0234. The summed E-state index contributed by atoms with van der Waals surface area (Å²) in [4.78, 5) is 34.8. The molecule has 0 saturated carbocycles. The molecule has 2 amide bonds. The molecule has 2 aromatic rings. The number of nitrogens with zero attached hydrogens (tertiary/aromatic N) is 4. The van der Waals surface area contributed by atoms with E-state index in [1.54, 1.807) is 0 Å². The van der Waals surface area contributed by atoms with Crippen molar-refractivity contribution in [2.45, 2.75) is 25.7 Å². The number of carboxylic acids is 1. The summed E-state index contributed by atoms with van der Waals surface area (Å²) < 4.78 is 39.2. The zero-order chi connectivity index (χ0) is 20.9. The number of aromatic nitrogens is 4. The first-order valence-corrected chi connectivity index (χ1v) is 8.01. The highest BCUT2D eigenvalue weighted by Crippen LogP contribution is 2.27. The monoisotopic (exact) mass is 402 g/mol. The van der Waals surface area contributed by atoms with Gasteiger partial charge in [-0.3, -0.25) is 14.3 Å². The highest BCUT2D eigenvalue weighted by atomic mass is 19.4. The molecular formula is C15H17F3N6O4. The van der Waals surface area contributed by atoms with E-state index in [1.807, 2.05) is 0 Å². The van der Waals surface area contributed by atoms with Crippen LogP contribution in [0.1, 0.15) is 29.1 Å². The molecule has 2 aromatic heterocycles. The van der Waals surface area contributed by atoms with Crippen LogP contribution in [0.5, 0.6) is 0 Å². The highest BCUT2D eigenvalue weighted by Gasteiger charge is 2.33. The average molecular weight is 402 g/mol. The number of carbonyl (C=O) groups excluding carboxylic acids is 2. The minimum Gasteiger partial charge on any atom is -0.477 e. The number of rotatable bonds is 8. The summed E-state index contributed by atoms with van der Waals surface area (Å²) in [5, 5.41) is 21.0. The Hall–Kier alpha value is -3.38. The SMILES string of the molecule is CC(C(=O)NCCNC(=O)Cn1ccc(C(F)(F)F)n1)n1nccc1C(=O)O. The fraction of sp³-hybridized carbons (Fsp3) is 0.400. The number of halogens is 3. The number of alkyl halides is 3. The van der Waals surface area contributed by atoms with E-state index < -0.39 is 42.2 Å². The normalized spacial score (nSPS) is 12.4. The van der Waals surface area contributed by atoms with Crippen LogP contribution in [-0.4, -0.2) is 55.5 Å². The Morgan fingerprint density at radius 3 is 2.50 bits per heavy atom. The van der Waals surface area contributed by atoms with Crippen LogP contribution in [0.15, 0.2) is 24.5 Å². The lowest BCUT2D eigenvalue weighted by atomic mass is 10.3. The molecule has 0 aromatic carbocycles. The Morgan fingerprint density at radius 1 is 1.21 bits per heavy atom. The van der Waals surface area contributed by atoms with Crippen molar-refractivity contribution in [2.24, 2.45) is 0 Å². The average Bonchev–Trinajstić information content (AvgIpc) is 3.26. The molecule has 0 bridgehead atoms. The summed E-state index contributed by atoms with van der Waals surface area (Å²) in [6, 6.07) is 1.13. The smallest absolute Gasteiger partial charge is 0.435 e. The van der Waals surface area contributed by atoms with Gasteiger partial charge >= 0.3 is 12.1 Å². The van der Waals surface area contributed by atoms with Gasteiger partial charge in [-0.1, -0.05) is 0 Å². The van der Waals surface area contributed by atoms with Gasteiger partial charge in [-0.15, -0.1) is 0 Å². The van der Waals surface area contributed by atoms with Crippen LogP contribution >= 0.6 is 0 Å². The first kappa shape index (κ1) is 20.9. The van der Waals surface area contributed by atoms with Gasteiger partial charge in [-0.25, -0.2) is 9.48 Å². The van der Waals surface area contributed by atoms with Crippen molar-refractivity contribution in [2.75, 3.05) is 13.1 Å². The van der Waals surface area contributed by atoms with Gasteiger partial charge in [0.25, 0.3) is 0 Å². The highest BCUT2D eigenvalue weighted by molar-refractivity contribution is 5.87. The lowest BCUT2D eigenvalue weighted by Gasteiger charge is -2.14. The standard InChI is InChI=1S/C15H17F3N6O4/c1-9(24-10(14(27)28)2-4-21-24)13(26)20-6-5-19-12(25)8-23-7-3-11(22-23)15(16,17)18/h2-4,7,9H,5-6,8H2,1H3,(H,19,25)(H,20,26)(H,27,28). The molecule has 152 valence electrons. The van der Waals surface area contributed by atoms with Crippen LogP contribution in [0.4, 0.5) is 13.2 Å². The molecule has 0 aliphatic rings. The molecule has 0 aliphatic carbocycles. The van der Waals surface area contributed by atoms with Crippen LogP contribution < -0.4 is 10.6 Å². The molecule has 0 spiro atoms. The van der Waals surface area contributed by atoms with Gasteiger partial charge in [0.15, 0.2) is 5.69 Å². The largest absolute Gasteiger partial charge is 0.477 e. The number of nitrogens with one attached hydrogen (secondary N) is 2. The van der Waals surface area contributed by atoms with Gasteiger partial charge in [0.2, 0.25) is 11.8 Å². The van der Waals surface area contributed by atoms with E-state index in [2.05, 4.69) is 20.8 Å². The lowest BCUT2D eigenvalue weighted by molar-refractivity contribution is -0.141. The maximum atomic E-state index is 12.4. The van der Waals surface area contributed by atoms with Crippen LogP contribution in [0, 0.1) is 0 Å². The Balaban J connectivity index is 1.75. The third-order valence-electron chi connectivity index (χ3n) is 3.62. The molecule has 0 radical (unpaired) electrons. The number of aromatic carboxylic acids is 1. The van der Waals surface area contributed by atoms with Crippen LogP contribution in [0.25, 0.3) is 0 Å². The first-order chi connectivity index (χ1) is 13.1. The predicted octanol–water partition coefficient (Wildman–Crippen LogP) is 0.290. The molecule has 1 atom stereocenters. The molecular weight excluding hydrogens is 385 g/mol. The van der Waals surface area contributed by atoms with Gasteiger partial charge in [0, 0.05) is 25.5 Å². The molecule has 0 saturated heterocycles. The van der Waals surface area contributed by atoms with E-state index in [0.29, 0.717) is 0 Å². The van der Waals surface area contributed by atoms with E-state index in [9.17, 15) is 27.6 Å². The Labute approximate surface area is 156 Å². The van der Waals surface area contributed by atoms with E-state index >= 15 is 0 Å². The molecule has 13 heteroatoms. The number of hydrogen-bond donors (Lipinski definition) is 3. The first-order valence-electron chi connectivity index (χ1n) is 8.01. The fourth-order valence-electron chi connectivity index (χ4n) is 2.24. The summed E-state index contributed by atoms with van der Waals surface area (Å²) in [6.07, 6.45) is -2.29. The third-order valence-corrected chi connectivity index (χ3v) is 3.62. The predicted molar refractivity (Wildman–Crippen MR) is 87.1 cm³/mol. The molecule has 2 rings (SSSR count). The van der Waals surface area contributed by atoms with E-state index in [1.165, 1.54) is 19.2 Å². The van der Waals surface area contributed by atoms with Crippen molar-refractivity contribution < 1.29 is 32.7 Å². The van der Waals surface area contributed by atoms with Gasteiger partial charge in [-0.2, -0.15) is 23.4 Å². The van der Waals surface area contributed by atoms with Crippen molar-refractivity contribution in [1.29, 1.82) is 0 Å². The summed E-state index contributed by atoms with van der Waals surface area (Å²) >= 11 is 0. The van der Waals surface area contributed by atoms with E-state index in [-0.39, 0.29) is 18.8 Å². The Kier molecular flexibility index (Phi) is 6.38. The summed E-state index contributed by atoms with van der Waals surface area (Å²) in [5.41, 5.74) is -1.24. The lowest BCUT2D eigenvalue weighted by Crippen LogP contribution is -2.39. The van der Waals surface area contributed by atoms with Crippen molar-refractivity contribution in [3.8, 4) is 0 Å². The summed E-state index contributed by atoms with van der Waals surface area (Å²) in [6.45, 7) is 1.11. The molecule has 0 fully saturated rings. The molecule has 10 nitrogen and oxygen atoms in total. The maximum Gasteiger partial charge on any atom is 0.435 e. The van der Waals surface area contributed by atoms with Gasteiger partial charge in [0.1, 0.15) is 18.3 Å². The van der Waals surface area contributed by atoms with Crippen LogP contribution in [0.3, 0.4) is 0 Å². The van der Waals surface area contributed by atoms with E-state index in [0.717, 1.165) is 21.6 Å². The van der Waals surface area contributed by atoms with Crippen molar-refractivity contribution in [1.82, 2.24) is 30.2 Å². The van der Waals surface area contributed by atoms with E-state index in [4.69, 9.17) is 5.11 Å². The minimum atomic E-state index is -4.59. The zero-order valence-electron chi connectivity index (χ0n) is 14.6. The summed E-state index contributed by atoms with van der Waals surface area (Å²) in [5.74, 6) is -2.32. The second-order valence-electron chi connectivity index (χ2n) is 5.68. The fourth-order valence-corrected chi connectivity index (χ4v) is 2.24. The Morgan fingerprint density at radius 2 is 1.89 bits per heavy atom. The van der Waals surface area contributed by atoms with Crippen LogP contribution in [-0.2, 0) is 22.3 Å². The number of amides is 2. The molecule has 0 aliphatic heterocycles. The maximum absolute atomic E-state index is 12.4. The second kappa shape index (κ2) is 8.54. The molecule has 3 N–H and O–H groups in total. The van der Waals surface area contributed by atoms with Gasteiger partial charge in [-0.05, 0) is 19.1 Å². The van der Waals surface area contributed by atoms with Crippen molar-refractivity contribution in [3.05, 3.63) is 35.9 Å². The molecule has 2 heterocycles. The second-order valence-corrected chi connectivity index (χ2v) is 5.68. The number of carbonyl (C=O) groups is 3. The number of carboxylic acid groups (broad SMARTS) is 1. The quantitative estimate of drug-likeness (QED) is 0.544. The van der Waals surface area contributed by atoms with Crippen LogP contribution in [0.2, 0.25) is 0 Å². The Bertz CT molecular complexity index is 860. The number of hydrogen-bond acceptors (Lipinski definition) is 5. The van der Waals surface area contributed by atoms with Crippen molar-refractivity contribution in [3.63, 3.8) is 0 Å². The third kappa shape index (κ3) is 5.31. The van der Waals surface area contributed by atoms with Gasteiger partial charge in [0.05, 0.1) is 0 Å². The zero-order valence-corrected chi connectivity index (χ0v) is 14.6.